The van der Waals surface area contributed by atoms with Gasteiger partial charge in [-0.3, -0.25) is 9.79 Å². The van der Waals surface area contributed by atoms with E-state index in [2.05, 4.69) is 9.98 Å². The molecule has 0 saturated heterocycles. The van der Waals surface area contributed by atoms with Crippen LogP contribution in [0.4, 0.5) is 5.69 Å². The van der Waals surface area contributed by atoms with E-state index in [0.717, 1.165) is 28.0 Å². The monoisotopic (exact) mass is 389 g/mol. The van der Waals surface area contributed by atoms with E-state index >= 15 is 0 Å². The summed E-state index contributed by atoms with van der Waals surface area (Å²) in [5, 5.41) is 0. The fraction of sp³-hybridized carbons (Fsp3) is 0.174. The van der Waals surface area contributed by atoms with Crippen LogP contribution in [0.1, 0.15) is 24.1 Å². The molecule has 2 N–H and O–H groups in total. The lowest BCUT2D eigenvalue weighted by Crippen LogP contribution is -2.07. The van der Waals surface area contributed by atoms with Crippen molar-refractivity contribution in [2.75, 3.05) is 20.0 Å². The zero-order valence-electron chi connectivity index (χ0n) is 16.6. The van der Waals surface area contributed by atoms with Gasteiger partial charge in [0.05, 0.1) is 14.2 Å². The number of rotatable bonds is 7. The number of methoxy groups -OCH3 is 2. The Morgan fingerprint density at radius 1 is 1.03 bits per heavy atom. The minimum atomic E-state index is -0.605. The summed E-state index contributed by atoms with van der Waals surface area (Å²) in [6.45, 7) is 1.52. The second-order valence-corrected chi connectivity index (χ2v) is 6.50. The van der Waals surface area contributed by atoms with E-state index in [1.807, 2.05) is 48.5 Å². The van der Waals surface area contributed by atoms with E-state index in [1.54, 1.807) is 32.7 Å². The normalized spacial score (nSPS) is 12.0. The molecule has 0 aliphatic rings. The number of nitrogen functional groups attached to an aromatic ring is 1. The molecule has 3 rings (SSSR count). The Labute approximate surface area is 170 Å². The van der Waals surface area contributed by atoms with Crippen LogP contribution in [0.15, 0.2) is 65.8 Å². The summed E-state index contributed by atoms with van der Waals surface area (Å²) in [6.07, 6.45) is 3.38. The number of aromatic nitrogens is 1. The Hall–Kier alpha value is -3.67. The van der Waals surface area contributed by atoms with Crippen molar-refractivity contribution in [1.29, 1.82) is 0 Å². The first-order valence-electron chi connectivity index (χ1n) is 9.09. The Morgan fingerprint density at radius 3 is 2.34 bits per heavy atom. The number of pyridine rings is 1. The molecule has 0 bridgehead atoms. The molecule has 0 aliphatic carbocycles. The summed E-state index contributed by atoms with van der Waals surface area (Å²) in [7, 11) is 3.18. The number of nitrogens with two attached hydrogens (primary N) is 1. The van der Waals surface area contributed by atoms with E-state index in [-0.39, 0.29) is 5.78 Å². The number of aliphatic imine (C=N–C) groups is 1. The fourth-order valence-corrected chi connectivity index (χ4v) is 2.90. The summed E-state index contributed by atoms with van der Waals surface area (Å²) in [6, 6.07) is 16.1. The van der Waals surface area contributed by atoms with Gasteiger partial charge in [0, 0.05) is 35.3 Å². The molecule has 0 fully saturated rings. The highest BCUT2D eigenvalue weighted by Crippen LogP contribution is 2.25. The van der Waals surface area contributed by atoms with Gasteiger partial charge in [0.1, 0.15) is 11.8 Å². The van der Waals surface area contributed by atoms with E-state index in [4.69, 9.17) is 15.2 Å². The molecule has 1 aromatic heterocycles. The first kappa shape index (κ1) is 20.1. The molecule has 1 heterocycles. The predicted molar refractivity (Wildman–Crippen MR) is 115 cm³/mol. The maximum Gasteiger partial charge on any atom is 0.212 e. The maximum absolute atomic E-state index is 12.2. The number of hydrogen-bond acceptors (Lipinski definition) is 6. The molecule has 0 aliphatic heterocycles. The Kier molecular flexibility index (Phi) is 6.24. The second-order valence-electron chi connectivity index (χ2n) is 6.50. The number of carbonyl (C=O) groups excluding carboxylic acids is 1. The zero-order chi connectivity index (χ0) is 20.8. The molecule has 29 heavy (non-hydrogen) atoms. The SMILES string of the molecule is COc1ccc(C(N=Cc2cc(-c3ccc(OC)nc3)ccc2N)C(C)=O)cc1. The summed E-state index contributed by atoms with van der Waals surface area (Å²) in [5.41, 5.74) is 10.1. The predicted octanol–water partition coefficient (Wildman–Crippen LogP) is 4.10. The molecule has 1 atom stereocenters. The van der Waals surface area contributed by atoms with Crippen molar-refractivity contribution >= 4 is 17.7 Å². The van der Waals surface area contributed by atoms with E-state index in [9.17, 15) is 4.79 Å². The van der Waals surface area contributed by atoms with Crippen molar-refractivity contribution < 1.29 is 14.3 Å². The second kappa shape index (κ2) is 9.01. The summed E-state index contributed by atoms with van der Waals surface area (Å²) >= 11 is 0. The van der Waals surface area contributed by atoms with Gasteiger partial charge in [-0.2, -0.15) is 0 Å². The summed E-state index contributed by atoms with van der Waals surface area (Å²) in [5.74, 6) is 1.22. The third kappa shape index (κ3) is 4.79. The highest BCUT2D eigenvalue weighted by atomic mass is 16.5. The lowest BCUT2D eigenvalue weighted by molar-refractivity contribution is -0.118. The Morgan fingerprint density at radius 2 is 1.76 bits per heavy atom. The largest absolute Gasteiger partial charge is 0.497 e. The zero-order valence-corrected chi connectivity index (χ0v) is 16.6. The molecule has 6 heteroatoms. The molecule has 2 aromatic carbocycles. The van der Waals surface area contributed by atoms with Gasteiger partial charge < -0.3 is 15.2 Å². The molecule has 3 aromatic rings. The van der Waals surface area contributed by atoms with Crippen LogP contribution in [-0.4, -0.2) is 31.2 Å². The molecule has 6 nitrogen and oxygen atoms in total. The van der Waals surface area contributed by atoms with Crippen LogP contribution in [0.25, 0.3) is 11.1 Å². The molecule has 0 saturated carbocycles. The van der Waals surface area contributed by atoms with Gasteiger partial charge in [-0.25, -0.2) is 4.98 Å². The van der Waals surface area contributed by atoms with E-state index in [1.165, 1.54) is 6.92 Å². The number of hydrogen-bond donors (Lipinski definition) is 1. The average molecular weight is 389 g/mol. The van der Waals surface area contributed by atoms with Gasteiger partial charge in [0.15, 0.2) is 5.78 Å². The molecule has 148 valence electrons. The first-order valence-corrected chi connectivity index (χ1v) is 9.09. The van der Waals surface area contributed by atoms with Crippen molar-refractivity contribution in [2.45, 2.75) is 13.0 Å². The lowest BCUT2D eigenvalue weighted by Gasteiger charge is -2.11. The molecule has 1 unspecified atom stereocenters. The van der Waals surface area contributed by atoms with Crippen LogP contribution < -0.4 is 15.2 Å². The minimum Gasteiger partial charge on any atom is -0.497 e. The molecular formula is C23H23N3O3. The number of nitrogens with zero attached hydrogens (tertiary/aromatic N) is 2. The number of ether oxygens (including phenoxy) is 2. The van der Waals surface area contributed by atoms with Gasteiger partial charge in [-0.15, -0.1) is 0 Å². The van der Waals surface area contributed by atoms with Crippen LogP contribution in [0.3, 0.4) is 0 Å². The van der Waals surface area contributed by atoms with Crippen LogP contribution in [0.5, 0.6) is 11.6 Å². The van der Waals surface area contributed by atoms with E-state index < -0.39 is 6.04 Å². The quantitative estimate of drug-likeness (QED) is 0.486. The molecule has 0 radical (unpaired) electrons. The van der Waals surface area contributed by atoms with Crippen molar-refractivity contribution in [3.8, 4) is 22.8 Å². The molecular weight excluding hydrogens is 366 g/mol. The van der Waals surface area contributed by atoms with Gasteiger partial charge in [-0.05, 0) is 48.4 Å². The Balaban J connectivity index is 1.89. The fourth-order valence-electron chi connectivity index (χ4n) is 2.90. The molecule has 0 amide bonds. The highest BCUT2D eigenvalue weighted by molar-refractivity contribution is 5.92. The van der Waals surface area contributed by atoms with Crippen molar-refractivity contribution in [2.24, 2.45) is 4.99 Å². The van der Waals surface area contributed by atoms with Crippen LogP contribution in [0.2, 0.25) is 0 Å². The topological polar surface area (TPSA) is 86.8 Å². The third-order valence-electron chi connectivity index (χ3n) is 4.54. The van der Waals surface area contributed by atoms with Crippen molar-refractivity contribution in [3.63, 3.8) is 0 Å². The number of ketones is 1. The Bertz CT molecular complexity index is 1010. The van der Waals surface area contributed by atoms with Gasteiger partial charge in [0.2, 0.25) is 5.88 Å². The maximum atomic E-state index is 12.2. The number of anilines is 1. The average Bonchev–Trinajstić information content (AvgIpc) is 2.75. The summed E-state index contributed by atoms with van der Waals surface area (Å²) < 4.78 is 10.3. The van der Waals surface area contributed by atoms with Crippen LogP contribution >= 0.6 is 0 Å². The van der Waals surface area contributed by atoms with Gasteiger partial charge in [0.25, 0.3) is 0 Å². The van der Waals surface area contributed by atoms with Crippen LogP contribution in [-0.2, 0) is 4.79 Å². The summed E-state index contributed by atoms with van der Waals surface area (Å²) in [4.78, 5) is 20.9. The minimum absolute atomic E-state index is 0.0551. The molecule has 0 spiro atoms. The van der Waals surface area contributed by atoms with Crippen molar-refractivity contribution in [3.05, 3.63) is 71.9 Å². The van der Waals surface area contributed by atoms with Gasteiger partial charge >= 0.3 is 0 Å². The van der Waals surface area contributed by atoms with E-state index in [0.29, 0.717) is 11.6 Å². The number of Topliss-reactive ketones (excluding diaryl/α,β-unsaturated/α-hetero) is 1. The number of carbonyl (C=O) groups is 1. The smallest absolute Gasteiger partial charge is 0.212 e. The third-order valence-corrected chi connectivity index (χ3v) is 4.54. The first-order chi connectivity index (χ1) is 14.0. The van der Waals surface area contributed by atoms with Crippen molar-refractivity contribution in [1.82, 2.24) is 4.98 Å². The highest BCUT2D eigenvalue weighted by Gasteiger charge is 2.15. The lowest BCUT2D eigenvalue weighted by atomic mass is 10.0. The standard InChI is InChI=1S/C23H23N3O3/c1-15(27)23(16-4-8-20(28-2)9-5-16)26-14-19-12-17(6-10-21(19)24)18-7-11-22(29-3)25-13-18/h4-14,23H,24H2,1-3H3. The number of benzene rings is 2. The van der Waals surface area contributed by atoms with Gasteiger partial charge in [-0.1, -0.05) is 18.2 Å². The van der Waals surface area contributed by atoms with Crippen LogP contribution in [0, 0.1) is 0 Å².